The predicted molar refractivity (Wildman–Crippen MR) is 117 cm³/mol. The number of aromatic nitrogens is 3. The first-order valence-electron chi connectivity index (χ1n) is 11.0. The maximum atomic E-state index is 13.2. The van der Waals surface area contributed by atoms with Gasteiger partial charge in [0, 0.05) is 25.7 Å². The monoisotopic (exact) mass is 460 g/mol. The van der Waals surface area contributed by atoms with Gasteiger partial charge in [0.05, 0.1) is 31.2 Å². The van der Waals surface area contributed by atoms with Gasteiger partial charge < -0.3 is 24.9 Å². The summed E-state index contributed by atoms with van der Waals surface area (Å²) >= 11 is 0. The molecular formula is C21H28N6O6. The van der Waals surface area contributed by atoms with Crippen molar-refractivity contribution in [1.29, 1.82) is 0 Å². The second-order valence-corrected chi connectivity index (χ2v) is 8.59. The zero-order valence-corrected chi connectivity index (χ0v) is 18.7. The van der Waals surface area contributed by atoms with Crippen LogP contribution >= 0.6 is 0 Å². The number of carbonyl (C=O) groups is 2. The van der Waals surface area contributed by atoms with E-state index in [4.69, 9.17) is 9.57 Å². The van der Waals surface area contributed by atoms with Crippen molar-refractivity contribution in [2.75, 3.05) is 32.9 Å². The van der Waals surface area contributed by atoms with Gasteiger partial charge in [0.1, 0.15) is 0 Å². The van der Waals surface area contributed by atoms with Crippen molar-refractivity contribution >= 4 is 23.7 Å². The Hall–Kier alpha value is -3.41. The number of carbonyl (C=O) groups excluding carboxylic acids is 2. The highest BCUT2D eigenvalue weighted by Gasteiger charge is 2.30. The number of amides is 2. The maximum absolute atomic E-state index is 13.2. The van der Waals surface area contributed by atoms with Crippen LogP contribution in [0.15, 0.2) is 16.1 Å². The number of rotatable bonds is 8. The molecule has 2 amide bonds. The Labute approximate surface area is 189 Å². The number of hydrogen-bond donors (Lipinski definition) is 2. The summed E-state index contributed by atoms with van der Waals surface area (Å²) in [4.78, 5) is 44.8. The second-order valence-electron chi connectivity index (χ2n) is 8.59. The fourth-order valence-electron chi connectivity index (χ4n) is 3.61. The van der Waals surface area contributed by atoms with Crippen molar-refractivity contribution in [2.24, 2.45) is 11.1 Å². The van der Waals surface area contributed by atoms with E-state index in [9.17, 15) is 19.5 Å². The quantitative estimate of drug-likeness (QED) is 0.416. The van der Waals surface area contributed by atoms with Gasteiger partial charge >= 0.3 is 0 Å². The van der Waals surface area contributed by atoms with E-state index in [2.05, 4.69) is 15.6 Å². The van der Waals surface area contributed by atoms with Gasteiger partial charge in [-0.15, -0.1) is 0 Å². The van der Waals surface area contributed by atoms with Gasteiger partial charge in [0.2, 0.25) is 5.88 Å². The topological polar surface area (TPSA) is 140 Å². The number of oxime groups is 1. The maximum Gasteiger partial charge on any atom is 0.270 e. The molecule has 1 saturated heterocycles. The Bertz CT molecular complexity index is 1130. The molecule has 2 N–H and O–H groups in total. The summed E-state index contributed by atoms with van der Waals surface area (Å²) in [7, 11) is 0. The number of aromatic hydroxyl groups is 1. The molecule has 2 aliphatic rings. The van der Waals surface area contributed by atoms with E-state index in [1.54, 1.807) is 4.90 Å². The molecule has 2 fully saturated rings. The predicted octanol–water partition coefficient (Wildman–Crippen LogP) is -0.0409. The standard InChI is InChI=1S/C21H28N6O6/c1-13(2)11-26-19-14(10-23-33-12-16(28)25-5-7-32-8-6-25)9-22-27(19)21(31)17(20(26)30)18(29)24-15-3-4-15/h9-10,13,15,31H,3-8,11-12H2,1-2H3,(H,24,29)/b23-10+. The van der Waals surface area contributed by atoms with Crippen LogP contribution in [0.3, 0.4) is 0 Å². The first-order valence-corrected chi connectivity index (χ1v) is 11.0. The molecule has 12 nitrogen and oxygen atoms in total. The van der Waals surface area contributed by atoms with E-state index >= 15 is 0 Å². The fourth-order valence-corrected chi connectivity index (χ4v) is 3.61. The minimum Gasteiger partial charge on any atom is -0.492 e. The molecule has 0 spiro atoms. The fraction of sp³-hybridized carbons (Fsp3) is 0.571. The smallest absolute Gasteiger partial charge is 0.270 e. The number of ether oxygens (including phenoxy) is 1. The summed E-state index contributed by atoms with van der Waals surface area (Å²) in [5, 5.41) is 21.4. The van der Waals surface area contributed by atoms with Crippen LogP contribution in [-0.2, 0) is 20.9 Å². The van der Waals surface area contributed by atoms with Crippen molar-refractivity contribution in [3.05, 3.63) is 27.7 Å². The normalized spacial score (nSPS) is 16.6. The molecule has 0 aromatic carbocycles. The lowest BCUT2D eigenvalue weighted by atomic mass is 10.2. The zero-order chi connectivity index (χ0) is 23.5. The van der Waals surface area contributed by atoms with E-state index in [1.807, 2.05) is 13.8 Å². The van der Waals surface area contributed by atoms with Crippen molar-refractivity contribution in [3.8, 4) is 5.88 Å². The third kappa shape index (κ3) is 5.00. The molecule has 2 aromatic heterocycles. The average molecular weight is 460 g/mol. The van der Waals surface area contributed by atoms with Gasteiger partial charge in [-0.3, -0.25) is 19.0 Å². The molecule has 3 heterocycles. The number of hydrogen-bond acceptors (Lipinski definition) is 8. The van der Waals surface area contributed by atoms with E-state index < -0.39 is 17.3 Å². The number of nitrogens with one attached hydrogen (secondary N) is 1. The van der Waals surface area contributed by atoms with Crippen LogP contribution in [-0.4, -0.2) is 81.2 Å². The minimum absolute atomic E-state index is 0.0307. The molecule has 0 bridgehead atoms. The van der Waals surface area contributed by atoms with Gasteiger partial charge in [-0.05, 0) is 18.8 Å². The molecule has 1 aliphatic carbocycles. The summed E-state index contributed by atoms with van der Waals surface area (Å²) in [5.74, 6) is -1.26. The lowest BCUT2D eigenvalue weighted by Gasteiger charge is -2.26. The summed E-state index contributed by atoms with van der Waals surface area (Å²) in [5.41, 5.74) is -0.267. The van der Waals surface area contributed by atoms with Crippen molar-refractivity contribution in [2.45, 2.75) is 39.3 Å². The first kappa shape index (κ1) is 22.8. The number of fused-ring (bicyclic) bond motifs is 1. The van der Waals surface area contributed by atoms with Crippen LogP contribution in [0.1, 0.15) is 42.6 Å². The van der Waals surface area contributed by atoms with Gasteiger partial charge in [-0.1, -0.05) is 19.0 Å². The van der Waals surface area contributed by atoms with Gasteiger partial charge in [0.25, 0.3) is 17.4 Å². The minimum atomic E-state index is -0.616. The highest BCUT2D eigenvalue weighted by atomic mass is 16.6. The van der Waals surface area contributed by atoms with Crippen LogP contribution in [0.2, 0.25) is 0 Å². The third-order valence-corrected chi connectivity index (χ3v) is 5.42. The summed E-state index contributed by atoms with van der Waals surface area (Å²) < 4.78 is 7.77. The number of nitrogens with zero attached hydrogens (tertiary/aromatic N) is 5. The molecule has 12 heteroatoms. The van der Waals surface area contributed by atoms with E-state index in [1.165, 1.54) is 17.0 Å². The third-order valence-electron chi connectivity index (χ3n) is 5.42. The molecule has 178 valence electrons. The zero-order valence-electron chi connectivity index (χ0n) is 18.7. The van der Waals surface area contributed by atoms with Crippen molar-refractivity contribution in [3.63, 3.8) is 0 Å². The molecule has 1 aliphatic heterocycles. The lowest BCUT2D eigenvalue weighted by Crippen LogP contribution is -2.42. The molecule has 1 saturated carbocycles. The molecule has 0 unspecified atom stereocenters. The SMILES string of the molecule is CC(C)Cn1c(=O)c(C(=O)NC2CC2)c(O)n2ncc(/C=N/OCC(=O)N3CCOCC3)c12. The summed E-state index contributed by atoms with van der Waals surface area (Å²) in [6, 6.07) is 0.0307. The summed E-state index contributed by atoms with van der Waals surface area (Å²) in [6.45, 7) is 5.95. The average Bonchev–Trinajstić information content (AvgIpc) is 3.50. The molecule has 33 heavy (non-hydrogen) atoms. The molecule has 2 aromatic rings. The van der Waals surface area contributed by atoms with E-state index in [0.29, 0.717) is 38.4 Å². The Morgan fingerprint density at radius 1 is 1.36 bits per heavy atom. The molecule has 0 radical (unpaired) electrons. The van der Waals surface area contributed by atoms with E-state index in [-0.39, 0.29) is 35.7 Å². The highest BCUT2D eigenvalue weighted by molar-refractivity contribution is 5.97. The Morgan fingerprint density at radius 2 is 2.09 bits per heavy atom. The molecular weight excluding hydrogens is 432 g/mol. The van der Waals surface area contributed by atoms with Crippen molar-refractivity contribution in [1.82, 2.24) is 24.4 Å². The van der Waals surface area contributed by atoms with Crippen LogP contribution in [0.4, 0.5) is 0 Å². The van der Waals surface area contributed by atoms with Crippen LogP contribution in [0, 0.1) is 5.92 Å². The van der Waals surface area contributed by atoms with Crippen LogP contribution < -0.4 is 10.9 Å². The number of morpholine rings is 1. The Kier molecular flexibility index (Phi) is 6.63. The van der Waals surface area contributed by atoms with Gasteiger partial charge in [-0.25, -0.2) is 0 Å². The lowest BCUT2D eigenvalue weighted by molar-refractivity contribution is -0.140. The first-order chi connectivity index (χ1) is 15.9. The van der Waals surface area contributed by atoms with Crippen molar-refractivity contribution < 1.29 is 24.3 Å². The Morgan fingerprint density at radius 3 is 2.76 bits per heavy atom. The summed E-state index contributed by atoms with van der Waals surface area (Å²) in [6.07, 6.45) is 4.44. The van der Waals surface area contributed by atoms with Crippen LogP contribution in [0.5, 0.6) is 5.88 Å². The molecule has 4 rings (SSSR count). The van der Waals surface area contributed by atoms with Gasteiger partial charge in [-0.2, -0.15) is 9.61 Å². The van der Waals surface area contributed by atoms with Gasteiger partial charge in [0.15, 0.2) is 17.8 Å². The van der Waals surface area contributed by atoms with E-state index in [0.717, 1.165) is 17.4 Å². The second kappa shape index (κ2) is 9.61. The van der Waals surface area contributed by atoms with Crippen LogP contribution in [0.25, 0.3) is 5.65 Å². The largest absolute Gasteiger partial charge is 0.492 e. The molecule has 0 atom stereocenters. The Balaban J connectivity index is 1.59. The highest BCUT2D eigenvalue weighted by Crippen LogP contribution is 2.22.